The predicted octanol–water partition coefficient (Wildman–Crippen LogP) is 3.33. The van der Waals surface area contributed by atoms with Gasteiger partial charge >= 0.3 is 0 Å². The summed E-state index contributed by atoms with van der Waals surface area (Å²) < 4.78 is 25.7. The van der Waals surface area contributed by atoms with Crippen molar-refractivity contribution in [3.05, 3.63) is 34.6 Å². The van der Waals surface area contributed by atoms with Crippen molar-refractivity contribution in [3.8, 4) is 0 Å². The SMILES string of the molecule is CNC(c1cc(Cl)ccc1F)C1CCOC2(CCOC2)C1. The smallest absolute Gasteiger partial charge is 0.128 e. The van der Waals surface area contributed by atoms with Gasteiger partial charge in [-0.3, -0.25) is 0 Å². The lowest BCUT2D eigenvalue weighted by Crippen LogP contribution is -2.43. The van der Waals surface area contributed by atoms with Crippen molar-refractivity contribution in [2.24, 2.45) is 5.92 Å². The monoisotopic (exact) mass is 313 g/mol. The first kappa shape index (κ1) is 15.2. The van der Waals surface area contributed by atoms with E-state index in [0.29, 0.717) is 29.7 Å². The molecule has 1 aromatic carbocycles. The predicted molar refractivity (Wildman–Crippen MR) is 80.1 cm³/mol. The Morgan fingerprint density at radius 1 is 1.43 bits per heavy atom. The quantitative estimate of drug-likeness (QED) is 0.928. The van der Waals surface area contributed by atoms with Crippen LogP contribution in [0.2, 0.25) is 5.02 Å². The third-order valence-corrected chi connectivity index (χ3v) is 4.91. The second-order valence-electron chi connectivity index (χ2n) is 6.02. The van der Waals surface area contributed by atoms with E-state index in [9.17, 15) is 4.39 Å². The Hall–Kier alpha value is -0.680. The van der Waals surface area contributed by atoms with E-state index in [1.54, 1.807) is 12.1 Å². The first-order valence-corrected chi connectivity index (χ1v) is 7.85. The molecule has 2 aliphatic heterocycles. The molecule has 2 saturated heterocycles. The summed E-state index contributed by atoms with van der Waals surface area (Å²) in [4.78, 5) is 0. The summed E-state index contributed by atoms with van der Waals surface area (Å²) in [5, 5.41) is 3.83. The van der Waals surface area contributed by atoms with Crippen LogP contribution in [0.3, 0.4) is 0 Å². The van der Waals surface area contributed by atoms with E-state index in [-0.39, 0.29) is 17.5 Å². The third-order valence-electron chi connectivity index (χ3n) is 4.67. The summed E-state index contributed by atoms with van der Waals surface area (Å²) >= 11 is 6.04. The zero-order chi connectivity index (χ0) is 14.9. The lowest BCUT2D eigenvalue weighted by Gasteiger charge is -2.40. The van der Waals surface area contributed by atoms with Gasteiger partial charge in [0.1, 0.15) is 5.82 Å². The average molecular weight is 314 g/mol. The second kappa shape index (κ2) is 6.21. The van der Waals surface area contributed by atoms with Crippen LogP contribution < -0.4 is 5.32 Å². The van der Waals surface area contributed by atoms with Crippen LogP contribution in [-0.2, 0) is 9.47 Å². The maximum absolute atomic E-state index is 14.2. The fourth-order valence-corrected chi connectivity index (χ4v) is 3.79. The van der Waals surface area contributed by atoms with Gasteiger partial charge in [-0.1, -0.05) is 11.6 Å². The van der Waals surface area contributed by atoms with Crippen molar-refractivity contribution in [1.82, 2.24) is 5.32 Å². The normalized spacial score (nSPS) is 30.7. The van der Waals surface area contributed by atoms with E-state index >= 15 is 0 Å². The van der Waals surface area contributed by atoms with Crippen molar-refractivity contribution in [2.75, 3.05) is 26.9 Å². The van der Waals surface area contributed by atoms with Crippen LogP contribution in [0.25, 0.3) is 0 Å². The molecule has 0 radical (unpaired) electrons. The number of ether oxygens (including phenoxy) is 2. The fraction of sp³-hybridized carbons (Fsp3) is 0.625. The van der Waals surface area contributed by atoms with Crippen molar-refractivity contribution in [3.63, 3.8) is 0 Å². The average Bonchev–Trinajstić information content (AvgIpc) is 2.91. The standard InChI is InChI=1S/C16H21ClFNO2/c1-19-15(13-8-12(17)2-3-14(13)18)11-4-6-21-16(9-11)5-7-20-10-16/h2-3,8,11,15,19H,4-7,9-10H2,1H3. The van der Waals surface area contributed by atoms with E-state index in [0.717, 1.165) is 25.9 Å². The highest BCUT2D eigenvalue weighted by Crippen LogP contribution is 2.41. The Morgan fingerprint density at radius 2 is 2.29 bits per heavy atom. The molecule has 2 fully saturated rings. The topological polar surface area (TPSA) is 30.5 Å². The van der Waals surface area contributed by atoms with Crippen molar-refractivity contribution < 1.29 is 13.9 Å². The molecule has 21 heavy (non-hydrogen) atoms. The van der Waals surface area contributed by atoms with Crippen LogP contribution in [-0.4, -0.2) is 32.5 Å². The Kier molecular flexibility index (Phi) is 4.50. The van der Waals surface area contributed by atoms with Crippen LogP contribution in [0.15, 0.2) is 18.2 Å². The number of hydrogen-bond acceptors (Lipinski definition) is 3. The summed E-state index contributed by atoms with van der Waals surface area (Å²) in [7, 11) is 1.87. The molecule has 1 spiro atoms. The Bertz CT molecular complexity index is 505. The molecule has 3 nitrogen and oxygen atoms in total. The summed E-state index contributed by atoms with van der Waals surface area (Å²) in [6.45, 7) is 2.11. The summed E-state index contributed by atoms with van der Waals surface area (Å²) in [6.07, 6.45) is 2.74. The minimum atomic E-state index is -0.207. The van der Waals surface area contributed by atoms with Gasteiger partial charge in [-0.25, -0.2) is 4.39 Å². The van der Waals surface area contributed by atoms with Gasteiger partial charge in [0.2, 0.25) is 0 Å². The Morgan fingerprint density at radius 3 is 3.00 bits per heavy atom. The van der Waals surface area contributed by atoms with E-state index in [4.69, 9.17) is 21.1 Å². The molecule has 3 rings (SSSR count). The molecule has 116 valence electrons. The highest BCUT2D eigenvalue weighted by Gasteiger charge is 2.43. The van der Waals surface area contributed by atoms with Crippen LogP contribution >= 0.6 is 11.6 Å². The first-order chi connectivity index (χ1) is 10.1. The summed E-state index contributed by atoms with van der Waals surface area (Å²) in [5.74, 6) is 0.111. The maximum atomic E-state index is 14.2. The van der Waals surface area contributed by atoms with Crippen molar-refractivity contribution in [2.45, 2.75) is 30.9 Å². The summed E-state index contributed by atoms with van der Waals surface area (Å²) in [6, 6.07) is 4.70. The molecule has 1 N–H and O–H groups in total. The van der Waals surface area contributed by atoms with Gasteiger partial charge in [0, 0.05) is 36.3 Å². The molecule has 0 bridgehead atoms. The number of benzene rings is 1. The minimum absolute atomic E-state index is 0.0509. The van der Waals surface area contributed by atoms with Crippen LogP contribution in [0.4, 0.5) is 4.39 Å². The van der Waals surface area contributed by atoms with Crippen molar-refractivity contribution >= 4 is 11.6 Å². The second-order valence-corrected chi connectivity index (χ2v) is 6.46. The molecule has 2 heterocycles. The van der Waals surface area contributed by atoms with Gasteiger partial charge in [-0.15, -0.1) is 0 Å². The third kappa shape index (κ3) is 3.09. The van der Waals surface area contributed by atoms with Gasteiger partial charge in [-0.05, 0) is 44.0 Å². The van der Waals surface area contributed by atoms with Gasteiger partial charge < -0.3 is 14.8 Å². The molecular formula is C16H21ClFNO2. The first-order valence-electron chi connectivity index (χ1n) is 7.47. The van der Waals surface area contributed by atoms with E-state index in [1.807, 2.05) is 7.05 Å². The van der Waals surface area contributed by atoms with E-state index < -0.39 is 0 Å². The number of halogens is 2. The molecule has 3 atom stereocenters. The van der Waals surface area contributed by atoms with E-state index in [1.165, 1.54) is 6.07 Å². The van der Waals surface area contributed by atoms with Gasteiger partial charge in [0.15, 0.2) is 0 Å². The molecule has 0 saturated carbocycles. The zero-order valence-electron chi connectivity index (χ0n) is 12.2. The lowest BCUT2D eigenvalue weighted by molar-refractivity contribution is -0.103. The molecule has 3 unspecified atom stereocenters. The number of nitrogens with one attached hydrogen (secondary N) is 1. The molecular weight excluding hydrogens is 293 g/mol. The number of rotatable bonds is 3. The zero-order valence-corrected chi connectivity index (χ0v) is 13.0. The van der Waals surface area contributed by atoms with Gasteiger partial charge in [0.05, 0.1) is 12.2 Å². The van der Waals surface area contributed by atoms with Crippen LogP contribution in [0, 0.1) is 11.7 Å². The molecule has 5 heteroatoms. The molecule has 1 aromatic rings. The lowest BCUT2D eigenvalue weighted by atomic mass is 9.79. The van der Waals surface area contributed by atoms with E-state index in [2.05, 4.69) is 5.32 Å². The summed E-state index contributed by atoms with van der Waals surface area (Å²) in [5.41, 5.74) is 0.471. The van der Waals surface area contributed by atoms with Crippen LogP contribution in [0.5, 0.6) is 0 Å². The Labute approximate surface area is 129 Å². The molecule has 2 aliphatic rings. The van der Waals surface area contributed by atoms with Crippen LogP contribution in [0.1, 0.15) is 30.9 Å². The number of hydrogen-bond donors (Lipinski definition) is 1. The van der Waals surface area contributed by atoms with Gasteiger partial charge in [-0.2, -0.15) is 0 Å². The maximum Gasteiger partial charge on any atom is 0.128 e. The largest absolute Gasteiger partial charge is 0.378 e. The van der Waals surface area contributed by atoms with Gasteiger partial charge in [0.25, 0.3) is 0 Å². The fourth-order valence-electron chi connectivity index (χ4n) is 3.61. The molecule has 0 aliphatic carbocycles. The molecule has 0 amide bonds. The highest BCUT2D eigenvalue weighted by atomic mass is 35.5. The highest BCUT2D eigenvalue weighted by molar-refractivity contribution is 6.30. The Balaban J connectivity index is 1.84. The molecule has 0 aromatic heterocycles. The minimum Gasteiger partial charge on any atom is -0.378 e. The van der Waals surface area contributed by atoms with Crippen molar-refractivity contribution in [1.29, 1.82) is 0 Å².